The summed E-state index contributed by atoms with van der Waals surface area (Å²) in [5.41, 5.74) is 7.33. The largest absolute Gasteiger partial charge is 0.375 e. The molecule has 7 heteroatoms. The Morgan fingerprint density at radius 3 is 2.65 bits per heavy atom. The summed E-state index contributed by atoms with van der Waals surface area (Å²) in [7, 11) is 0. The van der Waals surface area contributed by atoms with Gasteiger partial charge in [0, 0.05) is 6.42 Å². The molecule has 0 unspecified atom stereocenters. The third-order valence-corrected chi connectivity index (χ3v) is 3.73. The smallest absolute Gasteiger partial charge is 0.270 e. The van der Waals surface area contributed by atoms with Crippen molar-refractivity contribution in [2.75, 3.05) is 5.73 Å². The van der Waals surface area contributed by atoms with Gasteiger partial charge in [-0.1, -0.05) is 28.6 Å². The first kappa shape index (κ1) is 12.7. The molecule has 0 fully saturated rings. The Bertz CT molecular complexity index is 735. The van der Waals surface area contributed by atoms with Gasteiger partial charge in [-0.25, -0.2) is 9.37 Å². The van der Waals surface area contributed by atoms with Crippen LogP contribution in [-0.4, -0.2) is 15.1 Å². The molecule has 102 valence electrons. The number of nitrogens with zero attached hydrogens (tertiary/aromatic N) is 3. The van der Waals surface area contributed by atoms with Gasteiger partial charge in [0.05, 0.1) is 5.69 Å². The van der Waals surface area contributed by atoms with Crippen LogP contribution in [0.2, 0.25) is 0 Å². The SMILES string of the molecule is Cc1nc(N)sc1-c1nc(Cc2ccc(F)cc2)no1. The number of hydrogen-bond acceptors (Lipinski definition) is 6. The van der Waals surface area contributed by atoms with Crippen molar-refractivity contribution in [3.63, 3.8) is 0 Å². The van der Waals surface area contributed by atoms with Crippen LogP contribution in [0.25, 0.3) is 10.8 Å². The van der Waals surface area contributed by atoms with E-state index >= 15 is 0 Å². The first-order valence-corrected chi connectivity index (χ1v) is 6.74. The average molecular weight is 290 g/mol. The number of benzene rings is 1. The number of thiazole rings is 1. The number of rotatable bonds is 3. The molecule has 2 N–H and O–H groups in total. The van der Waals surface area contributed by atoms with E-state index in [0.29, 0.717) is 23.3 Å². The molecule has 2 aromatic heterocycles. The van der Waals surface area contributed by atoms with E-state index in [-0.39, 0.29) is 5.82 Å². The number of anilines is 1. The van der Waals surface area contributed by atoms with Gasteiger partial charge in [0.1, 0.15) is 10.7 Å². The average Bonchev–Trinajstić information content (AvgIpc) is 2.99. The van der Waals surface area contributed by atoms with Crippen molar-refractivity contribution in [2.24, 2.45) is 0 Å². The van der Waals surface area contributed by atoms with Crippen LogP contribution in [-0.2, 0) is 6.42 Å². The standard InChI is InChI=1S/C13H11FN4OS/c1-7-11(20-13(15)16-7)12-17-10(18-19-12)6-8-2-4-9(14)5-3-8/h2-5H,6H2,1H3,(H2,15,16). The Morgan fingerprint density at radius 2 is 2.00 bits per heavy atom. The van der Waals surface area contributed by atoms with E-state index in [1.165, 1.54) is 23.5 Å². The van der Waals surface area contributed by atoms with Gasteiger partial charge in [0.25, 0.3) is 5.89 Å². The van der Waals surface area contributed by atoms with Crippen LogP contribution in [0, 0.1) is 12.7 Å². The third-order valence-electron chi connectivity index (χ3n) is 2.75. The molecule has 0 amide bonds. The first-order chi connectivity index (χ1) is 9.61. The summed E-state index contributed by atoms with van der Waals surface area (Å²) in [6.45, 7) is 1.84. The lowest BCUT2D eigenvalue weighted by atomic mass is 10.1. The quantitative estimate of drug-likeness (QED) is 0.802. The maximum absolute atomic E-state index is 12.8. The number of aryl methyl sites for hydroxylation is 1. The van der Waals surface area contributed by atoms with Crippen LogP contribution in [0.3, 0.4) is 0 Å². The minimum atomic E-state index is -0.265. The second-order valence-electron chi connectivity index (χ2n) is 4.29. The summed E-state index contributed by atoms with van der Waals surface area (Å²) in [5, 5.41) is 4.39. The fourth-order valence-electron chi connectivity index (χ4n) is 1.82. The van der Waals surface area contributed by atoms with E-state index in [2.05, 4.69) is 15.1 Å². The second kappa shape index (κ2) is 5.01. The predicted molar refractivity (Wildman–Crippen MR) is 73.8 cm³/mol. The molecule has 2 heterocycles. The van der Waals surface area contributed by atoms with Crippen molar-refractivity contribution in [1.29, 1.82) is 0 Å². The zero-order valence-corrected chi connectivity index (χ0v) is 11.4. The third kappa shape index (κ3) is 2.53. The van der Waals surface area contributed by atoms with E-state index < -0.39 is 0 Å². The molecule has 1 aromatic carbocycles. The molecular weight excluding hydrogens is 279 g/mol. The number of nitrogen functional groups attached to an aromatic ring is 1. The van der Waals surface area contributed by atoms with Crippen molar-refractivity contribution < 1.29 is 8.91 Å². The maximum atomic E-state index is 12.8. The van der Waals surface area contributed by atoms with Gasteiger partial charge in [-0.05, 0) is 24.6 Å². The van der Waals surface area contributed by atoms with Crippen LogP contribution in [0.4, 0.5) is 9.52 Å². The monoisotopic (exact) mass is 290 g/mol. The van der Waals surface area contributed by atoms with E-state index in [0.717, 1.165) is 16.1 Å². The Labute approximate surface area is 118 Å². The highest BCUT2D eigenvalue weighted by Crippen LogP contribution is 2.29. The summed E-state index contributed by atoms with van der Waals surface area (Å²) < 4.78 is 18.1. The number of aromatic nitrogens is 3. The molecule has 3 rings (SSSR count). The highest BCUT2D eigenvalue weighted by molar-refractivity contribution is 7.18. The van der Waals surface area contributed by atoms with E-state index in [9.17, 15) is 4.39 Å². The first-order valence-electron chi connectivity index (χ1n) is 5.92. The molecule has 0 aliphatic rings. The highest BCUT2D eigenvalue weighted by atomic mass is 32.1. The summed E-state index contributed by atoms with van der Waals surface area (Å²) >= 11 is 1.31. The topological polar surface area (TPSA) is 77.8 Å². The van der Waals surface area contributed by atoms with E-state index in [1.54, 1.807) is 12.1 Å². The zero-order valence-electron chi connectivity index (χ0n) is 10.6. The number of nitrogens with two attached hydrogens (primary N) is 1. The summed E-state index contributed by atoms with van der Waals surface area (Å²) in [6.07, 6.45) is 0.483. The summed E-state index contributed by atoms with van der Waals surface area (Å²) in [5.74, 6) is 0.685. The number of hydrogen-bond donors (Lipinski definition) is 1. The molecule has 0 aliphatic carbocycles. The van der Waals surface area contributed by atoms with Gasteiger partial charge in [-0.15, -0.1) is 0 Å². The lowest BCUT2D eigenvalue weighted by Crippen LogP contribution is -1.91. The van der Waals surface area contributed by atoms with Gasteiger partial charge in [0.2, 0.25) is 0 Å². The predicted octanol–water partition coefficient (Wildman–Crippen LogP) is 2.81. The molecule has 0 spiro atoms. The van der Waals surface area contributed by atoms with E-state index in [4.69, 9.17) is 10.3 Å². The molecule has 5 nitrogen and oxygen atoms in total. The van der Waals surface area contributed by atoms with Crippen molar-refractivity contribution in [2.45, 2.75) is 13.3 Å². The zero-order chi connectivity index (χ0) is 14.1. The fourth-order valence-corrected chi connectivity index (χ4v) is 2.57. The van der Waals surface area contributed by atoms with Gasteiger partial charge >= 0.3 is 0 Å². The van der Waals surface area contributed by atoms with Gasteiger partial charge < -0.3 is 10.3 Å². The molecule has 0 atom stereocenters. The Balaban J connectivity index is 1.83. The lowest BCUT2D eigenvalue weighted by Gasteiger charge is -1.95. The Morgan fingerprint density at radius 1 is 1.25 bits per heavy atom. The van der Waals surface area contributed by atoms with E-state index in [1.807, 2.05) is 6.92 Å². The van der Waals surface area contributed by atoms with Gasteiger partial charge in [-0.2, -0.15) is 4.98 Å². The Kier molecular flexibility index (Phi) is 3.19. The van der Waals surface area contributed by atoms with Crippen molar-refractivity contribution in [1.82, 2.24) is 15.1 Å². The summed E-state index contributed by atoms with van der Waals surface area (Å²) in [6, 6.07) is 6.21. The molecule has 0 radical (unpaired) electrons. The van der Waals surface area contributed by atoms with Crippen LogP contribution in [0.15, 0.2) is 28.8 Å². The van der Waals surface area contributed by atoms with Crippen LogP contribution in [0.1, 0.15) is 17.1 Å². The molecule has 0 saturated heterocycles. The molecule has 0 aliphatic heterocycles. The minimum Gasteiger partial charge on any atom is -0.375 e. The van der Waals surface area contributed by atoms with Crippen molar-refractivity contribution >= 4 is 16.5 Å². The Hall–Kier alpha value is -2.28. The molecule has 0 bridgehead atoms. The van der Waals surface area contributed by atoms with Crippen molar-refractivity contribution in [3.8, 4) is 10.8 Å². The second-order valence-corrected chi connectivity index (χ2v) is 5.32. The molecule has 0 saturated carbocycles. The molecular formula is C13H11FN4OS. The lowest BCUT2D eigenvalue weighted by molar-refractivity contribution is 0.424. The van der Waals surface area contributed by atoms with Crippen molar-refractivity contribution in [3.05, 3.63) is 47.2 Å². The summed E-state index contributed by atoms with van der Waals surface area (Å²) in [4.78, 5) is 9.21. The number of halogens is 1. The van der Waals surface area contributed by atoms with Crippen LogP contribution < -0.4 is 5.73 Å². The highest BCUT2D eigenvalue weighted by Gasteiger charge is 2.15. The molecule has 3 aromatic rings. The minimum absolute atomic E-state index is 0.265. The maximum Gasteiger partial charge on any atom is 0.270 e. The normalized spacial score (nSPS) is 10.9. The fraction of sp³-hybridized carbons (Fsp3) is 0.154. The van der Waals surface area contributed by atoms with Gasteiger partial charge in [-0.3, -0.25) is 0 Å². The van der Waals surface area contributed by atoms with Crippen LogP contribution in [0.5, 0.6) is 0 Å². The van der Waals surface area contributed by atoms with Crippen LogP contribution >= 0.6 is 11.3 Å². The molecule has 20 heavy (non-hydrogen) atoms. The van der Waals surface area contributed by atoms with Gasteiger partial charge in [0.15, 0.2) is 11.0 Å².